The third-order valence-electron chi connectivity index (χ3n) is 2.12. The fraction of sp³-hybridized carbons (Fsp3) is 0.583. The highest BCUT2D eigenvalue weighted by Crippen LogP contribution is 2.19. The summed E-state index contributed by atoms with van der Waals surface area (Å²) < 4.78 is 0. The average molecular weight is 242 g/mol. The first-order valence-corrected chi connectivity index (χ1v) is 6.10. The molecular weight excluding hydrogens is 222 g/mol. The first kappa shape index (κ1) is 13.3. The molecule has 0 aromatic carbocycles. The normalized spacial score (nSPS) is 10.8. The standard InChI is InChI=1S/C12H20ClN3/c1-4-15-12-11(13)5-10(8-16-12)7-14-6-9(2)3/h5,8-9,14H,4,6-7H2,1-3H3,(H,15,16). The van der Waals surface area contributed by atoms with Gasteiger partial charge in [-0.3, -0.25) is 0 Å². The molecule has 1 rings (SSSR count). The monoisotopic (exact) mass is 241 g/mol. The van der Waals surface area contributed by atoms with Crippen molar-refractivity contribution in [1.82, 2.24) is 10.3 Å². The molecule has 90 valence electrons. The Bertz CT molecular complexity index is 326. The summed E-state index contributed by atoms with van der Waals surface area (Å²) in [5.74, 6) is 1.42. The van der Waals surface area contributed by atoms with E-state index < -0.39 is 0 Å². The molecule has 1 aromatic rings. The quantitative estimate of drug-likeness (QED) is 0.804. The first-order valence-electron chi connectivity index (χ1n) is 5.72. The summed E-state index contributed by atoms with van der Waals surface area (Å²) >= 11 is 6.10. The number of aromatic nitrogens is 1. The molecule has 0 aliphatic heterocycles. The van der Waals surface area contributed by atoms with E-state index in [1.807, 2.05) is 19.2 Å². The fourth-order valence-electron chi connectivity index (χ4n) is 1.38. The lowest BCUT2D eigenvalue weighted by Crippen LogP contribution is -2.19. The van der Waals surface area contributed by atoms with Crippen LogP contribution in [-0.4, -0.2) is 18.1 Å². The van der Waals surface area contributed by atoms with E-state index in [0.717, 1.165) is 31.0 Å². The Morgan fingerprint density at radius 1 is 1.44 bits per heavy atom. The molecule has 0 aliphatic rings. The maximum absolute atomic E-state index is 6.10. The van der Waals surface area contributed by atoms with Crippen molar-refractivity contribution in [3.05, 3.63) is 22.8 Å². The summed E-state index contributed by atoms with van der Waals surface area (Å²) in [6.45, 7) is 9.05. The van der Waals surface area contributed by atoms with Crippen molar-refractivity contribution in [1.29, 1.82) is 0 Å². The number of rotatable bonds is 6. The molecule has 0 aliphatic carbocycles. The third-order valence-corrected chi connectivity index (χ3v) is 2.41. The number of nitrogens with zero attached hydrogens (tertiary/aromatic N) is 1. The Morgan fingerprint density at radius 2 is 2.19 bits per heavy atom. The summed E-state index contributed by atoms with van der Waals surface area (Å²) in [4.78, 5) is 4.28. The molecule has 0 radical (unpaired) electrons. The molecule has 0 fully saturated rings. The second-order valence-electron chi connectivity index (χ2n) is 4.23. The zero-order valence-electron chi connectivity index (χ0n) is 10.2. The van der Waals surface area contributed by atoms with Crippen molar-refractivity contribution in [2.75, 3.05) is 18.4 Å². The largest absolute Gasteiger partial charge is 0.369 e. The minimum atomic E-state index is 0.657. The minimum absolute atomic E-state index is 0.657. The van der Waals surface area contributed by atoms with Crippen LogP contribution in [0, 0.1) is 5.92 Å². The zero-order chi connectivity index (χ0) is 12.0. The van der Waals surface area contributed by atoms with E-state index in [2.05, 4.69) is 29.5 Å². The number of anilines is 1. The van der Waals surface area contributed by atoms with Gasteiger partial charge in [0.1, 0.15) is 5.82 Å². The van der Waals surface area contributed by atoms with Crippen molar-refractivity contribution in [3.63, 3.8) is 0 Å². The maximum Gasteiger partial charge on any atom is 0.144 e. The lowest BCUT2D eigenvalue weighted by Gasteiger charge is -2.09. The van der Waals surface area contributed by atoms with Crippen molar-refractivity contribution in [2.45, 2.75) is 27.3 Å². The van der Waals surface area contributed by atoms with Gasteiger partial charge < -0.3 is 10.6 Å². The van der Waals surface area contributed by atoms with Crippen LogP contribution in [-0.2, 0) is 6.54 Å². The van der Waals surface area contributed by atoms with Crippen molar-refractivity contribution in [3.8, 4) is 0 Å². The minimum Gasteiger partial charge on any atom is -0.369 e. The summed E-state index contributed by atoms with van der Waals surface area (Å²) in [6, 6.07) is 1.96. The number of hydrogen-bond donors (Lipinski definition) is 2. The zero-order valence-corrected chi connectivity index (χ0v) is 10.9. The van der Waals surface area contributed by atoms with Gasteiger partial charge in [-0.1, -0.05) is 25.4 Å². The van der Waals surface area contributed by atoms with Gasteiger partial charge in [-0.2, -0.15) is 0 Å². The molecule has 0 spiro atoms. The lowest BCUT2D eigenvalue weighted by atomic mass is 10.2. The van der Waals surface area contributed by atoms with E-state index in [-0.39, 0.29) is 0 Å². The Balaban J connectivity index is 2.52. The molecule has 1 heterocycles. The fourth-order valence-corrected chi connectivity index (χ4v) is 1.63. The predicted molar refractivity (Wildman–Crippen MR) is 70.0 cm³/mol. The molecule has 3 nitrogen and oxygen atoms in total. The van der Waals surface area contributed by atoms with Crippen molar-refractivity contribution < 1.29 is 0 Å². The topological polar surface area (TPSA) is 37.0 Å². The summed E-state index contributed by atoms with van der Waals surface area (Å²) in [7, 11) is 0. The maximum atomic E-state index is 6.10. The number of pyridine rings is 1. The van der Waals surface area contributed by atoms with Crippen LogP contribution in [0.25, 0.3) is 0 Å². The molecule has 0 unspecified atom stereocenters. The lowest BCUT2D eigenvalue weighted by molar-refractivity contribution is 0.552. The average Bonchev–Trinajstić information content (AvgIpc) is 2.21. The van der Waals surface area contributed by atoms with E-state index >= 15 is 0 Å². The molecule has 0 amide bonds. The van der Waals surface area contributed by atoms with Crippen molar-refractivity contribution in [2.24, 2.45) is 5.92 Å². The van der Waals surface area contributed by atoms with Crippen LogP contribution in [0.15, 0.2) is 12.3 Å². The molecule has 16 heavy (non-hydrogen) atoms. The first-order chi connectivity index (χ1) is 7.63. The predicted octanol–water partition coefficient (Wildman–Crippen LogP) is 2.91. The molecule has 0 atom stereocenters. The van der Waals surface area contributed by atoms with Gasteiger partial charge in [0.25, 0.3) is 0 Å². The Labute approximate surface area is 103 Å². The van der Waals surface area contributed by atoms with Gasteiger partial charge in [-0.25, -0.2) is 4.98 Å². The van der Waals surface area contributed by atoms with Crippen LogP contribution >= 0.6 is 11.6 Å². The summed E-state index contributed by atoms with van der Waals surface area (Å²) in [6.07, 6.45) is 1.86. The molecule has 0 saturated carbocycles. The molecule has 2 N–H and O–H groups in total. The van der Waals surface area contributed by atoms with Crippen LogP contribution in [0.1, 0.15) is 26.3 Å². The van der Waals surface area contributed by atoms with Gasteiger partial charge in [0.05, 0.1) is 5.02 Å². The van der Waals surface area contributed by atoms with Crippen LogP contribution in [0.2, 0.25) is 5.02 Å². The van der Waals surface area contributed by atoms with Crippen molar-refractivity contribution >= 4 is 17.4 Å². The van der Waals surface area contributed by atoms with Crippen LogP contribution in [0.4, 0.5) is 5.82 Å². The molecular formula is C12H20ClN3. The Kier molecular flexibility index (Phi) is 5.56. The van der Waals surface area contributed by atoms with Gasteiger partial charge in [-0.15, -0.1) is 0 Å². The second-order valence-corrected chi connectivity index (χ2v) is 4.64. The van der Waals surface area contributed by atoms with E-state index in [9.17, 15) is 0 Å². The van der Waals surface area contributed by atoms with E-state index in [1.165, 1.54) is 0 Å². The third kappa shape index (κ3) is 4.37. The Hall–Kier alpha value is -0.800. The van der Waals surface area contributed by atoms with Gasteiger partial charge in [0, 0.05) is 19.3 Å². The highest BCUT2D eigenvalue weighted by molar-refractivity contribution is 6.32. The molecule has 0 saturated heterocycles. The molecule has 4 heteroatoms. The van der Waals surface area contributed by atoms with E-state index in [4.69, 9.17) is 11.6 Å². The van der Waals surface area contributed by atoms with Crippen LogP contribution in [0.3, 0.4) is 0 Å². The van der Waals surface area contributed by atoms with Gasteiger partial charge >= 0.3 is 0 Å². The van der Waals surface area contributed by atoms with E-state index in [1.54, 1.807) is 0 Å². The molecule has 1 aromatic heterocycles. The number of hydrogen-bond acceptors (Lipinski definition) is 3. The SMILES string of the molecule is CCNc1ncc(CNCC(C)C)cc1Cl. The highest BCUT2D eigenvalue weighted by Gasteiger charge is 2.02. The molecule has 0 bridgehead atoms. The second kappa shape index (κ2) is 6.71. The number of halogens is 1. The van der Waals surface area contributed by atoms with Gasteiger partial charge in [0.15, 0.2) is 0 Å². The summed E-state index contributed by atoms with van der Waals surface area (Å²) in [5.41, 5.74) is 1.12. The summed E-state index contributed by atoms with van der Waals surface area (Å²) in [5, 5.41) is 7.16. The highest BCUT2D eigenvalue weighted by atomic mass is 35.5. The van der Waals surface area contributed by atoms with Gasteiger partial charge in [-0.05, 0) is 31.0 Å². The van der Waals surface area contributed by atoms with Crippen LogP contribution in [0.5, 0.6) is 0 Å². The number of nitrogens with one attached hydrogen (secondary N) is 2. The van der Waals surface area contributed by atoms with E-state index in [0.29, 0.717) is 10.9 Å². The Morgan fingerprint density at radius 3 is 2.75 bits per heavy atom. The smallest absolute Gasteiger partial charge is 0.144 e. The van der Waals surface area contributed by atoms with Gasteiger partial charge in [0.2, 0.25) is 0 Å². The van der Waals surface area contributed by atoms with Crippen LogP contribution < -0.4 is 10.6 Å².